The van der Waals surface area contributed by atoms with Crippen molar-refractivity contribution >= 4 is 6.09 Å². The first-order valence-electron chi connectivity index (χ1n) is 7.18. The molecule has 0 radical (unpaired) electrons. The predicted octanol–water partition coefficient (Wildman–Crippen LogP) is 1.92. The van der Waals surface area contributed by atoms with Gasteiger partial charge in [-0.1, -0.05) is 6.92 Å². The highest BCUT2D eigenvalue weighted by Gasteiger charge is 2.19. The minimum Gasteiger partial charge on any atom is -0.444 e. The first-order valence-corrected chi connectivity index (χ1v) is 7.18. The highest BCUT2D eigenvalue weighted by atomic mass is 16.6. The SMILES string of the molecule is CCC(CNC(=O)OC(C)(C)C)NCC1CCOC1. The molecule has 1 aliphatic rings. The summed E-state index contributed by atoms with van der Waals surface area (Å²) in [5, 5.41) is 6.29. The van der Waals surface area contributed by atoms with Gasteiger partial charge >= 0.3 is 6.09 Å². The van der Waals surface area contributed by atoms with Crippen molar-refractivity contribution in [1.29, 1.82) is 0 Å². The summed E-state index contributed by atoms with van der Waals surface area (Å²) in [5.41, 5.74) is -0.444. The lowest BCUT2D eigenvalue weighted by Crippen LogP contribution is -2.43. The van der Waals surface area contributed by atoms with Crippen molar-refractivity contribution in [3.05, 3.63) is 0 Å². The van der Waals surface area contributed by atoms with Gasteiger partial charge in [0, 0.05) is 25.7 Å². The Morgan fingerprint density at radius 2 is 2.21 bits per heavy atom. The monoisotopic (exact) mass is 272 g/mol. The van der Waals surface area contributed by atoms with Crippen LogP contribution in [0.15, 0.2) is 0 Å². The van der Waals surface area contributed by atoms with Crippen molar-refractivity contribution in [2.75, 3.05) is 26.3 Å². The molecule has 0 aliphatic carbocycles. The van der Waals surface area contributed by atoms with Gasteiger partial charge in [0.1, 0.15) is 5.60 Å². The summed E-state index contributed by atoms with van der Waals surface area (Å²) in [4.78, 5) is 11.6. The van der Waals surface area contributed by atoms with Gasteiger partial charge in [-0.05, 0) is 39.5 Å². The predicted molar refractivity (Wildman–Crippen MR) is 75.2 cm³/mol. The summed E-state index contributed by atoms with van der Waals surface area (Å²) in [7, 11) is 0. The van der Waals surface area contributed by atoms with E-state index in [0.29, 0.717) is 12.5 Å². The van der Waals surface area contributed by atoms with Crippen LogP contribution < -0.4 is 10.6 Å². The third kappa shape index (κ3) is 7.38. The molecule has 2 N–H and O–H groups in total. The van der Waals surface area contributed by atoms with Crippen molar-refractivity contribution in [3.8, 4) is 0 Å². The first-order chi connectivity index (χ1) is 8.90. The molecule has 0 aromatic heterocycles. The fraction of sp³-hybridized carbons (Fsp3) is 0.929. The number of carbonyl (C=O) groups excluding carboxylic acids is 1. The van der Waals surface area contributed by atoms with E-state index < -0.39 is 5.60 Å². The quantitative estimate of drug-likeness (QED) is 0.775. The topological polar surface area (TPSA) is 59.6 Å². The molecule has 5 nitrogen and oxygen atoms in total. The second kappa shape index (κ2) is 7.70. The molecular weight excluding hydrogens is 244 g/mol. The van der Waals surface area contributed by atoms with Crippen molar-refractivity contribution in [2.24, 2.45) is 5.92 Å². The van der Waals surface area contributed by atoms with Crippen LogP contribution in [0, 0.1) is 5.92 Å². The summed E-state index contributed by atoms with van der Waals surface area (Å²) in [6.07, 6.45) is 1.75. The Hall–Kier alpha value is -0.810. The Balaban J connectivity index is 2.18. The van der Waals surface area contributed by atoms with E-state index in [9.17, 15) is 4.79 Å². The average molecular weight is 272 g/mol. The number of carbonyl (C=O) groups is 1. The Morgan fingerprint density at radius 1 is 1.47 bits per heavy atom. The molecule has 112 valence electrons. The van der Waals surface area contributed by atoms with Gasteiger partial charge in [-0.2, -0.15) is 0 Å². The Bertz CT molecular complexity index is 270. The highest BCUT2D eigenvalue weighted by molar-refractivity contribution is 5.67. The molecule has 0 saturated carbocycles. The number of hydrogen-bond donors (Lipinski definition) is 2. The van der Waals surface area contributed by atoms with Crippen LogP contribution in [0.25, 0.3) is 0 Å². The lowest BCUT2D eigenvalue weighted by molar-refractivity contribution is 0.0522. The van der Waals surface area contributed by atoms with Gasteiger partial charge in [0.25, 0.3) is 0 Å². The normalized spacial score (nSPS) is 21.2. The van der Waals surface area contributed by atoms with Crippen LogP contribution in [0.1, 0.15) is 40.5 Å². The summed E-state index contributed by atoms with van der Waals surface area (Å²) < 4.78 is 10.6. The van der Waals surface area contributed by atoms with E-state index >= 15 is 0 Å². The Kier molecular flexibility index (Phi) is 6.58. The highest BCUT2D eigenvalue weighted by Crippen LogP contribution is 2.11. The van der Waals surface area contributed by atoms with Crippen LogP contribution in [0.3, 0.4) is 0 Å². The molecule has 0 aromatic rings. The number of hydrogen-bond acceptors (Lipinski definition) is 4. The van der Waals surface area contributed by atoms with Crippen LogP contribution >= 0.6 is 0 Å². The summed E-state index contributed by atoms with van der Waals surface area (Å²) >= 11 is 0. The van der Waals surface area contributed by atoms with Crippen LogP contribution in [0.2, 0.25) is 0 Å². The molecule has 0 aromatic carbocycles. The first kappa shape index (κ1) is 16.2. The third-order valence-electron chi connectivity index (χ3n) is 3.10. The zero-order chi connectivity index (χ0) is 14.3. The number of nitrogens with one attached hydrogen (secondary N) is 2. The maximum atomic E-state index is 11.6. The largest absolute Gasteiger partial charge is 0.444 e. The van der Waals surface area contributed by atoms with Crippen molar-refractivity contribution in [3.63, 3.8) is 0 Å². The van der Waals surface area contributed by atoms with E-state index in [-0.39, 0.29) is 12.1 Å². The Morgan fingerprint density at radius 3 is 2.74 bits per heavy atom. The van der Waals surface area contributed by atoms with Gasteiger partial charge in [0.05, 0.1) is 6.61 Å². The molecule has 1 aliphatic heterocycles. The van der Waals surface area contributed by atoms with Crippen molar-refractivity contribution in [2.45, 2.75) is 52.2 Å². The van der Waals surface area contributed by atoms with Crippen LogP contribution in [-0.2, 0) is 9.47 Å². The molecule has 1 amide bonds. The van der Waals surface area contributed by atoms with E-state index in [1.54, 1.807) is 0 Å². The fourth-order valence-electron chi connectivity index (χ4n) is 1.96. The number of amides is 1. The van der Waals surface area contributed by atoms with Gasteiger partial charge in [-0.15, -0.1) is 0 Å². The van der Waals surface area contributed by atoms with E-state index in [1.165, 1.54) is 0 Å². The molecule has 2 atom stereocenters. The van der Waals surface area contributed by atoms with Crippen molar-refractivity contribution < 1.29 is 14.3 Å². The zero-order valence-corrected chi connectivity index (χ0v) is 12.6. The summed E-state index contributed by atoms with van der Waals surface area (Å²) in [5.74, 6) is 0.607. The zero-order valence-electron chi connectivity index (χ0n) is 12.6. The molecule has 1 saturated heterocycles. The molecule has 1 rings (SSSR count). The molecule has 0 bridgehead atoms. The van der Waals surface area contributed by atoms with E-state index in [0.717, 1.165) is 32.6 Å². The number of ether oxygens (including phenoxy) is 2. The molecule has 1 fully saturated rings. The molecule has 5 heteroatoms. The maximum absolute atomic E-state index is 11.6. The lowest BCUT2D eigenvalue weighted by atomic mass is 10.1. The minimum atomic E-state index is -0.444. The molecule has 2 unspecified atom stereocenters. The second-order valence-corrected chi connectivity index (χ2v) is 6.13. The number of rotatable bonds is 6. The van der Waals surface area contributed by atoms with Crippen molar-refractivity contribution in [1.82, 2.24) is 10.6 Å². The second-order valence-electron chi connectivity index (χ2n) is 6.13. The van der Waals surface area contributed by atoms with Gasteiger partial charge in [-0.25, -0.2) is 4.79 Å². The summed E-state index contributed by atoms with van der Waals surface area (Å²) in [6, 6.07) is 0.285. The Labute approximate surface area is 116 Å². The van der Waals surface area contributed by atoms with Gasteiger partial charge in [0.2, 0.25) is 0 Å². The minimum absolute atomic E-state index is 0.285. The van der Waals surface area contributed by atoms with Gasteiger partial charge < -0.3 is 20.1 Å². The summed E-state index contributed by atoms with van der Waals surface area (Å²) in [6.45, 7) is 11.0. The van der Waals surface area contributed by atoms with Gasteiger partial charge in [-0.3, -0.25) is 0 Å². The van der Waals surface area contributed by atoms with Crippen LogP contribution in [0.4, 0.5) is 4.79 Å². The maximum Gasteiger partial charge on any atom is 0.407 e. The molecule has 0 spiro atoms. The number of alkyl carbamates (subject to hydrolysis) is 1. The van der Waals surface area contributed by atoms with E-state index in [2.05, 4.69) is 17.6 Å². The van der Waals surface area contributed by atoms with E-state index in [1.807, 2.05) is 20.8 Å². The molecular formula is C14H28N2O3. The average Bonchev–Trinajstić information content (AvgIpc) is 2.80. The van der Waals surface area contributed by atoms with Crippen LogP contribution in [0.5, 0.6) is 0 Å². The van der Waals surface area contributed by atoms with Crippen LogP contribution in [-0.4, -0.2) is 44.0 Å². The molecule has 19 heavy (non-hydrogen) atoms. The third-order valence-corrected chi connectivity index (χ3v) is 3.10. The van der Waals surface area contributed by atoms with Gasteiger partial charge in [0.15, 0.2) is 0 Å². The fourth-order valence-corrected chi connectivity index (χ4v) is 1.96. The molecule has 1 heterocycles. The smallest absolute Gasteiger partial charge is 0.407 e. The standard InChI is InChI=1S/C14H28N2O3/c1-5-12(15-8-11-6-7-18-10-11)9-16-13(17)19-14(2,3)4/h11-12,15H,5-10H2,1-4H3,(H,16,17). The lowest BCUT2D eigenvalue weighted by Gasteiger charge is -2.22. The van der Waals surface area contributed by atoms with E-state index in [4.69, 9.17) is 9.47 Å².